The van der Waals surface area contributed by atoms with Crippen LogP contribution < -0.4 is 27.0 Å². The van der Waals surface area contributed by atoms with Gasteiger partial charge in [0.2, 0.25) is 0 Å². The first-order valence-corrected chi connectivity index (χ1v) is 12.1. The molecule has 2 aromatic rings. The Morgan fingerprint density at radius 1 is 1.13 bits per heavy atom. The predicted molar refractivity (Wildman–Crippen MR) is 114 cm³/mol. The number of fused-ring (bicyclic) bond motifs is 4. The number of carbonyl (C=O) groups excluding carboxylic acids is 1. The van der Waals surface area contributed by atoms with Gasteiger partial charge in [-0.25, -0.2) is 0 Å². The molecule has 5 nitrogen and oxygen atoms in total. The van der Waals surface area contributed by atoms with Gasteiger partial charge in [0.05, 0.1) is 43.5 Å². The monoisotopic (exact) mass is 491 g/mol. The fraction of sp³-hybridized carbons (Fsp3) is 0.652. The molecular weight excluding hydrogens is 462 g/mol. The number of piperidine rings is 3. The van der Waals surface area contributed by atoms with E-state index in [1.807, 2.05) is 18.2 Å². The first-order valence-electron chi connectivity index (χ1n) is 11.4. The Labute approximate surface area is 192 Å². The van der Waals surface area contributed by atoms with Gasteiger partial charge in [-0.2, -0.15) is 4.37 Å². The number of ether oxygens (including phenoxy) is 1. The van der Waals surface area contributed by atoms with Crippen molar-refractivity contribution in [3.8, 4) is 5.75 Å². The summed E-state index contributed by atoms with van der Waals surface area (Å²) in [6, 6.07) is 6.34. The zero-order valence-electron chi connectivity index (χ0n) is 17.3. The van der Waals surface area contributed by atoms with Crippen molar-refractivity contribution in [2.24, 2.45) is 17.8 Å². The summed E-state index contributed by atoms with van der Waals surface area (Å²) in [6.45, 7) is 5.89. The SMILES string of the molecule is O=C(N[C@H]1C[N+]2(CC3CC3)CCC1CC2)c1nsc2cc(OCC3CC3)ccc12.[Br-]. The van der Waals surface area contributed by atoms with Crippen LogP contribution in [-0.4, -0.2) is 53.6 Å². The minimum absolute atomic E-state index is 0. The quantitative estimate of drug-likeness (QED) is 0.583. The molecule has 162 valence electrons. The smallest absolute Gasteiger partial charge is 0.272 e. The molecule has 5 aliphatic rings. The van der Waals surface area contributed by atoms with E-state index in [1.54, 1.807) is 0 Å². The lowest BCUT2D eigenvalue weighted by molar-refractivity contribution is -0.945. The van der Waals surface area contributed by atoms with E-state index in [1.165, 1.54) is 74.2 Å². The third-order valence-electron chi connectivity index (χ3n) is 7.60. The third-order valence-corrected chi connectivity index (χ3v) is 8.41. The topological polar surface area (TPSA) is 51.2 Å². The van der Waals surface area contributed by atoms with E-state index in [-0.39, 0.29) is 22.9 Å². The highest BCUT2D eigenvalue weighted by atomic mass is 79.9. The Bertz CT molecular complexity index is 932. The maximum atomic E-state index is 13.1. The number of nitrogens with one attached hydrogen (secondary N) is 1. The summed E-state index contributed by atoms with van der Waals surface area (Å²) >= 11 is 1.40. The largest absolute Gasteiger partial charge is 1.00 e. The molecule has 3 saturated heterocycles. The number of hydrogen-bond acceptors (Lipinski definition) is 4. The highest BCUT2D eigenvalue weighted by Gasteiger charge is 2.48. The second-order valence-electron chi connectivity index (χ2n) is 9.96. The standard InChI is InChI=1S/C23H29N3O2S.BrH/c27-23(24-20-13-26(12-15-1-2-15)9-7-17(20)8-10-26)22-19-6-5-18(11-21(19)29-25-22)28-14-16-3-4-16;/h5-6,11,15-17,20H,1-4,7-10,12-14H2;1H/t17?,20-,26?;/m0./s1. The minimum atomic E-state index is 0. The number of halogens is 1. The Hall–Kier alpha value is -1.18. The molecule has 1 atom stereocenters. The van der Waals surface area contributed by atoms with Crippen LogP contribution in [0.4, 0.5) is 0 Å². The van der Waals surface area contributed by atoms with Crippen molar-refractivity contribution < 1.29 is 31.0 Å². The van der Waals surface area contributed by atoms with Gasteiger partial charge in [-0.05, 0) is 67.3 Å². The summed E-state index contributed by atoms with van der Waals surface area (Å²) in [5.41, 5.74) is 0.587. The van der Waals surface area contributed by atoms with E-state index in [4.69, 9.17) is 4.74 Å². The molecule has 3 aliphatic heterocycles. The molecule has 0 unspecified atom stereocenters. The normalized spacial score (nSPS) is 30.1. The zero-order chi connectivity index (χ0) is 19.4. The van der Waals surface area contributed by atoms with E-state index in [0.29, 0.717) is 17.7 Å². The van der Waals surface area contributed by atoms with Crippen LogP contribution in [0.3, 0.4) is 0 Å². The number of hydrogen-bond donors (Lipinski definition) is 1. The highest BCUT2D eigenvalue weighted by Crippen LogP contribution is 2.40. The molecule has 1 N–H and O–H groups in total. The zero-order valence-corrected chi connectivity index (χ0v) is 19.7. The van der Waals surface area contributed by atoms with Gasteiger partial charge in [0.1, 0.15) is 11.4 Å². The molecule has 2 aliphatic carbocycles. The van der Waals surface area contributed by atoms with Crippen molar-refractivity contribution in [2.75, 3.05) is 32.8 Å². The maximum absolute atomic E-state index is 13.1. The van der Waals surface area contributed by atoms with Crippen molar-refractivity contribution in [3.05, 3.63) is 23.9 Å². The van der Waals surface area contributed by atoms with Crippen molar-refractivity contribution in [3.63, 3.8) is 0 Å². The van der Waals surface area contributed by atoms with E-state index in [2.05, 4.69) is 9.69 Å². The van der Waals surface area contributed by atoms with Crippen LogP contribution in [0, 0.1) is 17.8 Å². The summed E-state index contributed by atoms with van der Waals surface area (Å²) in [7, 11) is 0. The lowest BCUT2D eigenvalue weighted by Crippen LogP contribution is -3.00. The third kappa shape index (κ3) is 4.13. The second-order valence-corrected chi connectivity index (χ2v) is 10.8. The van der Waals surface area contributed by atoms with Crippen LogP contribution in [0.5, 0.6) is 5.75 Å². The molecule has 2 saturated carbocycles. The summed E-state index contributed by atoms with van der Waals surface area (Å²) in [5, 5.41) is 4.34. The van der Waals surface area contributed by atoms with Crippen molar-refractivity contribution >= 4 is 27.5 Å². The van der Waals surface area contributed by atoms with Crippen molar-refractivity contribution in [1.82, 2.24) is 9.69 Å². The molecule has 1 amide bonds. The average molecular weight is 492 g/mol. The van der Waals surface area contributed by atoms with Gasteiger partial charge in [0.25, 0.3) is 5.91 Å². The number of quaternary nitrogens is 1. The highest BCUT2D eigenvalue weighted by molar-refractivity contribution is 7.13. The van der Waals surface area contributed by atoms with Gasteiger partial charge in [-0.15, -0.1) is 0 Å². The van der Waals surface area contributed by atoms with Crippen LogP contribution in [0.25, 0.3) is 10.1 Å². The fourth-order valence-electron chi connectivity index (χ4n) is 5.46. The molecule has 1 aromatic heterocycles. The van der Waals surface area contributed by atoms with Gasteiger partial charge < -0.3 is 31.5 Å². The second kappa shape index (κ2) is 8.06. The van der Waals surface area contributed by atoms with Crippen LogP contribution in [-0.2, 0) is 0 Å². The van der Waals surface area contributed by atoms with E-state index in [0.717, 1.165) is 40.8 Å². The first kappa shape index (κ1) is 20.7. The van der Waals surface area contributed by atoms with Crippen molar-refractivity contribution in [1.29, 1.82) is 0 Å². The number of carbonyl (C=O) groups is 1. The Morgan fingerprint density at radius 2 is 1.90 bits per heavy atom. The first-order chi connectivity index (χ1) is 14.2. The lowest BCUT2D eigenvalue weighted by Gasteiger charge is -2.53. The predicted octanol–water partition coefficient (Wildman–Crippen LogP) is 0.838. The Morgan fingerprint density at radius 3 is 2.63 bits per heavy atom. The summed E-state index contributed by atoms with van der Waals surface area (Å²) in [6.07, 6.45) is 7.93. The number of rotatable bonds is 7. The summed E-state index contributed by atoms with van der Waals surface area (Å²) in [5.74, 6) is 3.22. The fourth-order valence-corrected chi connectivity index (χ4v) is 6.27. The number of benzene rings is 1. The van der Waals surface area contributed by atoms with E-state index in [9.17, 15) is 4.79 Å². The molecule has 4 heterocycles. The van der Waals surface area contributed by atoms with E-state index >= 15 is 0 Å². The minimum Gasteiger partial charge on any atom is -1.00 e. The van der Waals surface area contributed by atoms with Crippen LogP contribution in [0.15, 0.2) is 18.2 Å². The summed E-state index contributed by atoms with van der Waals surface area (Å²) in [4.78, 5) is 13.1. The molecule has 7 heteroatoms. The molecule has 7 rings (SSSR count). The van der Waals surface area contributed by atoms with Crippen LogP contribution in [0.1, 0.15) is 49.0 Å². The molecule has 0 spiro atoms. The van der Waals surface area contributed by atoms with Crippen LogP contribution >= 0.6 is 11.5 Å². The molecule has 0 radical (unpaired) electrons. The van der Waals surface area contributed by atoms with Crippen LogP contribution in [0.2, 0.25) is 0 Å². The average Bonchev–Trinajstić information content (AvgIpc) is 3.66. The molecule has 1 aromatic carbocycles. The van der Waals surface area contributed by atoms with Crippen molar-refractivity contribution in [2.45, 2.75) is 44.6 Å². The van der Waals surface area contributed by atoms with Gasteiger partial charge in [-0.3, -0.25) is 4.79 Å². The maximum Gasteiger partial charge on any atom is 0.272 e. The summed E-state index contributed by atoms with van der Waals surface area (Å²) < 4.78 is 12.7. The van der Waals surface area contributed by atoms with Gasteiger partial charge in [-0.1, -0.05) is 0 Å². The molecule has 5 fully saturated rings. The van der Waals surface area contributed by atoms with Gasteiger partial charge >= 0.3 is 0 Å². The molecular formula is C23H30BrN3O2S. The molecule has 30 heavy (non-hydrogen) atoms. The number of aromatic nitrogens is 1. The molecule has 2 bridgehead atoms. The Kier molecular flexibility index (Phi) is 5.57. The number of amides is 1. The van der Waals surface area contributed by atoms with Gasteiger partial charge in [0.15, 0.2) is 0 Å². The van der Waals surface area contributed by atoms with E-state index < -0.39 is 0 Å². The lowest BCUT2D eigenvalue weighted by atomic mass is 9.81. The number of nitrogens with zero attached hydrogens (tertiary/aromatic N) is 2. The Balaban J connectivity index is 0.00000193. The van der Waals surface area contributed by atoms with Gasteiger partial charge in [0, 0.05) is 24.1 Å².